The summed E-state index contributed by atoms with van der Waals surface area (Å²) >= 11 is 0. The zero-order valence-corrected chi connectivity index (χ0v) is 15.5. The van der Waals surface area contributed by atoms with Crippen LogP contribution in [0.5, 0.6) is 0 Å². The number of rotatable bonds is 6. The van der Waals surface area contributed by atoms with Gasteiger partial charge in [0.2, 0.25) is 0 Å². The summed E-state index contributed by atoms with van der Waals surface area (Å²) in [5.41, 5.74) is 3.41. The van der Waals surface area contributed by atoms with Gasteiger partial charge in [0.1, 0.15) is 0 Å². The molecule has 0 spiro atoms. The van der Waals surface area contributed by atoms with Gasteiger partial charge in [-0.05, 0) is 56.3 Å². The molecule has 2 saturated heterocycles. The molecule has 2 heteroatoms. The average Bonchev–Trinajstić information content (AvgIpc) is 2.99. The molecule has 2 fully saturated rings. The molecule has 0 bridgehead atoms. The highest BCUT2D eigenvalue weighted by Gasteiger charge is 2.45. The van der Waals surface area contributed by atoms with Crippen LogP contribution in [0.2, 0.25) is 0 Å². The maximum atomic E-state index is 2.72. The van der Waals surface area contributed by atoms with Crippen molar-refractivity contribution >= 4 is 15.2 Å². The summed E-state index contributed by atoms with van der Waals surface area (Å²) in [7, 11) is -0.157. The first-order valence-electron chi connectivity index (χ1n) is 8.74. The summed E-state index contributed by atoms with van der Waals surface area (Å²) in [5.74, 6) is 0. The normalized spacial score (nSPS) is 40.1. The minimum atomic E-state index is -0.540. The van der Waals surface area contributed by atoms with Crippen LogP contribution in [0.3, 0.4) is 0 Å². The first-order valence-corrected chi connectivity index (χ1v) is 13.1. The second kappa shape index (κ2) is 7.22. The monoisotopic (exact) mass is 301 g/mol. The lowest BCUT2D eigenvalue weighted by Gasteiger charge is -2.29. The van der Waals surface area contributed by atoms with Crippen molar-refractivity contribution < 1.29 is 0 Å². The molecule has 0 aromatic heterocycles. The van der Waals surface area contributed by atoms with Crippen LogP contribution in [0.25, 0.3) is 0 Å². The third-order valence-corrected chi connectivity index (χ3v) is 15.3. The summed E-state index contributed by atoms with van der Waals surface area (Å²) in [4.78, 5) is 0. The van der Waals surface area contributed by atoms with Crippen LogP contribution in [0.4, 0.5) is 0 Å². The van der Waals surface area contributed by atoms with Crippen LogP contribution < -0.4 is 0 Å². The fourth-order valence-electron chi connectivity index (χ4n) is 4.72. The molecular weight excluding hydrogens is 266 g/mol. The van der Waals surface area contributed by atoms with E-state index in [1.54, 1.807) is 44.2 Å². The summed E-state index contributed by atoms with van der Waals surface area (Å²) in [5, 5.41) is 0. The maximum Gasteiger partial charge on any atom is 0.0693 e. The first kappa shape index (κ1) is 16.2. The molecule has 2 aliphatic heterocycles. The van der Waals surface area contributed by atoms with E-state index in [9.17, 15) is 0 Å². The second-order valence-electron chi connectivity index (χ2n) is 7.07. The molecule has 0 aromatic carbocycles. The topological polar surface area (TPSA) is 0 Å². The minimum absolute atomic E-state index is 0.384. The van der Waals surface area contributed by atoms with Crippen molar-refractivity contribution in [2.24, 2.45) is 0 Å². The molecule has 2 heterocycles. The van der Waals surface area contributed by atoms with Crippen molar-refractivity contribution in [2.45, 2.75) is 82.7 Å². The Hall–Kier alpha value is 0.860. The lowest BCUT2D eigenvalue weighted by Crippen LogP contribution is -2.15. The van der Waals surface area contributed by atoms with E-state index in [1.165, 1.54) is 19.3 Å². The van der Waals surface area contributed by atoms with Gasteiger partial charge in [0, 0.05) is 20.1 Å². The molecule has 1 unspecified atom stereocenters. The van der Waals surface area contributed by atoms with Crippen LogP contribution in [-0.4, -0.2) is 42.1 Å². The zero-order valence-electron chi connectivity index (χ0n) is 13.7. The first-order chi connectivity index (χ1) is 9.14. The Morgan fingerprint density at radius 2 is 1.58 bits per heavy atom. The molecule has 19 heavy (non-hydrogen) atoms. The largest absolute Gasteiger partial charge is 0.0967 e. The Balaban J connectivity index is 1.92. The van der Waals surface area contributed by atoms with E-state index in [0.717, 1.165) is 17.0 Å². The lowest BCUT2D eigenvalue weighted by molar-refractivity contribution is 0.696. The van der Waals surface area contributed by atoms with Crippen LogP contribution in [-0.2, 0) is 0 Å². The quantitative estimate of drug-likeness (QED) is 0.525. The van der Waals surface area contributed by atoms with E-state index in [1.807, 2.05) is 0 Å². The molecule has 112 valence electrons. The van der Waals surface area contributed by atoms with E-state index in [0.29, 0.717) is 7.92 Å². The minimum Gasteiger partial charge on any atom is -0.0967 e. The van der Waals surface area contributed by atoms with E-state index in [4.69, 9.17) is 0 Å². The van der Waals surface area contributed by atoms with Gasteiger partial charge in [0.25, 0.3) is 0 Å². The molecule has 0 aliphatic carbocycles. The van der Waals surface area contributed by atoms with E-state index in [-0.39, 0.29) is 0 Å². The fourth-order valence-corrected chi connectivity index (χ4v) is 14.2. The summed E-state index contributed by atoms with van der Waals surface area (Å²) in [6.07, 6.45) is 15.6. The molecule has 0 saturated carbocycles. The number of hydrogen-bond acceptors (Lipinski definition) is 0. The van der Waals surface area contributed by atoms with Crippen LogP contribution in [0.15, 0.2) is 0 Å². The number of hydrogen-bond donors (Lipinski definition) is 0. The Labute approximate surface area is 123 Å². The van der Waals surface area contributed by atoms with Crippen molar-refractivity contribution in [3.8, 4) is 0 Å². The highest BCUT2D eigenvalue weighted by Crippen LogP contribution is 2.69. The van der Waals surface area contributed by atoms with Gasteiger partial charge in [-0.2, -0.15) is 0 Å². The predicted octanol–water partition coefficient (Wildman–Crippen LogP) is 6.04. The third kappa shape index (κ3) is 3.55. The highest BCUT2D eigenvalue weighted by atomic mass is 31.2. The molecule has 2 rings (SSSR count). The lowest BCUT2D eigenvalue weighted by atomic mass is 10.1. The molecule has 4 atom stereocenters. The Morgan fingerprint density at radius 3 is 2.11 bits per heavy atom. The standard InChI is InChI=1S/C17H35P2/c1-5-15-10-11-16(6-2)18(15)12-14-19(4)13-8-9-17(19)7-3/h15-17H,5-14H2,1-4H3/q+1/t15-,16-,17-,19?/m1/s1. The SMILES string of the molecule is CC[C@@H]1CC[C@@H](CC)P1CC[P+]1(C)CCC[C@H]1CC. The van der Waals surface area contributed by atoms with Gasteiger partial charge in [0.15, 0.2) is 0 Å². The molecule has 0 amide bonds. The average molecular weight is 301 g/mol. The zero-order chi connectivity index (χ0) is 13.9. The van der Waals surface area contributed by atoms with Gasteiger partial charge < -0.3 is 0 Å². The fraction of sp³-hybridized carbons (Fsp3) is 1.00. The summed E-state index contributed by atoms with van der Waals surface area (Å²) < 4.78 is 0. The van der Waals surface area contributed by atoms with E-state index < -0.39 is 7.26 Å². The molecule has 0 radical (unpaired) electrons. The molecule has 0 N–H and O–H groups in total. The van der Waals surface area contributed by atoms with Gasteiger partial charge in [-0.25, -0.2) is 0 Å². The summed E-state index contributed by atoms with van der Waals surface area (Å²) in [6, 6.07) is 0. The van der Waals surface area contributed by atoms with Crippen molar-refractivity contribution in [2.75, 3.05) is 25.2 Å². The molecule has 0 aromatic rings. The van der Waals surface area contributed by atoms with Gasteiger partial charge in [0.05, 0.1) is 18.0 Å². The Bertz CT molecular complexity index is 266. The molecule has 2 aliphatic rings. The molecule has 0 nitrogen and oxygen atoms in total. The third-order valence-electron chi connectivity index (χ3n) is 6.14. The van der Waals surface area contributed by atoms with Gasteiger partial charge in [-0.1, -0.05) is 28.7 Å². The van der Waals surface area contributed by atoms with Gasteiger partial charge in [-0.3, -0.25) is 0 Å². The van der Waals surface area contributed by atoms with Gasteiger partial charge in [-0.15, -0.1) is 0 Å². The van der Waals surface area contributed by atoms with Crippen molar-refractivity contribution in [1.29, 1.82) is 0 Å². The van der Waals surface area contributed by atoms with Crippen molar-refractivity contribution in [3.63, 3.8) is 0 Å². The predicted molar refractivity (Wildman–Crippen MR) is 95.1 cm³/mol. The maximum absolute atomic E-state index is 2.72. The Kier molecular flexibility index (Phi) is 6.17. The van der Waals surface area contributed by atoms with Crippen LogP contribution in [0.1, 0.15) is 65.7 Å². The van der Waals surface area contributed by atoms with Crippen molar-refractivity contribution in [1.82, 2.24) is 0 Å². The Morgan fingerprint density at radius 1 is 0.947 bits per heavy atom. The summed E-state index contributed by atoms with van der Waals surface area (Å²) in [6.45, 7) is 10.1. The van der Waals surface area contributed by atoms with Crippen LogP contribution >= 0.6 is 15.2 Å². The second-order valence-corrected chi connectivity index (χ2v) is 14.6. The van der Waals surface area contributed by atoms with E-state index >= 15 is 0 Å². The van der Waals surface area contributed by atoms with Gasteiger partial charge >= 0.3 is 0 Å². The van der Waals surface area contributed by atoms with Crippen LogP contribution in [0, 0.1) is 0 Å². The molecular formula is C17H35P2+. The smallest absolute Gasteiger partial charge is 0.0693 e. The van der Waals surface area contributed by atoms with Crippen molar-refractivity contribution in [3.05, 3.63) is 0 Å². The van der Waals surface area contributed by atoms with E-state index in [2.05, 4.69) is 27.4 Å². The highest BCUT2D eigenvalue weighted by molar-refractivity contribution is 7.77.